The highest BCUT2D eigenvalue weighted by Crippen LogP contribution is 2.50. The molecule has 0 bridgehead atoms. The van der Waals surface area contributed by atoms with Crippen molar-refractivity contribution in [2.75, 3.05) is 6.61 Å². The molecule has 1 N–H and O–H groups in total. The van der Waals surface area contributed by atoms with Crippen molar-refractivity contribution in [2.45, 2.75) is 83.2 Å². The molecule has 11 heteroatoms. The van der Waals surface area contributed by atoms with Gasteiger partial charge in [0.2, 0.25) is 0 Å². The van der Waals surface area contributed by atoms with Crippen LogP contribution in [0, 0.1) is 0 Å². The van der Waals surface area contributed by atoms with Gasteiger partial charge in [0, 0.05) is 11.6 Å². The van der Waals surface area contributed by atoms with Gasteiger partial charge in [0.25, 0.3) is 0 Å². The lowest BCUT2D eigenvalue weighted by atomic mass is 9.87. The van der Waals surface area contributed by atoms with Crippen LogP contribution in [0.3, 0.4) is 0 Å². The van der Waals surface area contributed by atoms with Crippen molar-refractivity contribution in [3.63, 3.8) is 0 Å². The highest BCUT2D eigenvalue weighted by Gasteiger charge is 2.51. The molecule has 9 aromatic carbocycles. The average Bonchev–Trinajstić information content (AvgIpc) is 3.57. The van der Waals surface area contributed by atoms with Crippen molar-refractivity contribution < 1.29 is 52.6 Å². The molecule has 1 aliphatic rings. The van der Waals surface area contributed by atoms with E-state index in [0.29, 0.717) is 12.4 Å². The second-order valence-corrected chi connectivity index (χ2v) is 19.8. The summed E-state index contributed by atoms with van der Waals surface area (Å²) in [4.78, 5) is 29.5. The molecule has 81 heavy (non-hydrogen) atoms. The zero-order valence-electron chi connectivity index (χ0n) is 44.9. The molecule has 0 amide bonds. The fraction of sp³-hybridized carbons (Fsp3) is 0.200. The quantitative estimate of drug-likeness (QED) is 0.0390. The zero-order chi connectivity index (χ0) is 55.4. The molecular formula is C70H64O11. The monoisotopic (exact) mass is 1080 g/mol. The lowest BCUT2D eigenvalue weighted by Gasteiger charge is -2.47. The number of phenols is 1. The van der Waals surface area contributed by atoms with Crippen LogP contribution >= 0.6 is 0 Å². The van der Waals surface area contributed by atoms with Gasteiger partial charge in [0.05, 0.1) is 45.0 Å². The van der Waals surface area contributed by atoms with E-state index in [4.69, 9.17) is 37.9 Å². The first-order chi connectivity index (χ1) is 39.9. The number of rotatable bonds is 27. The third-order valence-corrected chi connectivity index (χ3v) is 13.9. The molecule has 5 atom stereocenters. The molecule has 11 nitrogen and oxygen atoms in total. The minimum absolute atomic E-state index is 0.0380. The summed E-state index contributed by atoms with van der Waals surface area (Å²) < 4.78 is 55.2. The van der Waals surface area contributed by atoms with Crippen LogP contribution in [-0.4, -0.2) is 47.7 Å². The third-order valence-electron chi connectivity index (χ3n) is 13.9. The lowest BCUT2D eigenvalue weighted by molar-refractivity contribution is -0.275. The van der Waals surface area contributed by atoms with Crippen molar-refractivity contribution in [2.24, 2.45) is 0 Å². The first-order valence-electron chi connectivity index (χ1n) is 27.2. The molecule has 410 valence electrons. The molecule has 10 rings (SSSR count). The highest BCUT2D eigenvalue weighted by molar-refractivity contribution is 6.15. The maximum absolute atomic E-state index is 15.2. The summed E-state index contributed by atoms with van der Waals surface area (Å²) in [5.74, 6) is -0.949. The second kappa shape index (κ2) is 28.5. The topological polar surface area (TPSA) is 128 Å². The van der Waals surface area contributed by atoms with Crippen LogP contribution in [-0.2, 0) is 69.9 Å². The van der Waals surface area contributed by atoms with Gasteiger partial charge in [0.1, 0.15) is 78.9 Å². The maximum Gasteiger partial charge on any atom is 0.178 e. The Morgan fingerprint density at radius 3 is 1.27 bits per heavy atom. The van der Waals surface area contributed by atoms with Gasteiger partial charge >= 0.3 is 0 Å². The van der Waals surface area contributed by atoms with Crippen LogP contribution in [0.4, 0.5) is 0 Å². The predicted molar refractivity (Wildman–Crippen MR) is 309 cm³/mol. The molecule has 0 aliphatic carbocycles. The normalized spacial score (nSPS) is 16.8. The molecule has 0 spiro atoms. The Bertz CT molecular complexity index is 3350. The Kier molecular flexibility index (Phi) is 19.5. The first kappa shape index (κ1) is 55.6. The van der Waals surface area contributed by atoms with E-state index in [1.54, 1.807) is 24.3 Å². The van der Waals surface area contributed by atoms with Gasteiger partial charge in [-0.1, -0.05) is 212 Å². The Hall–Kier alpha value is -8.68. The number of carbonyl (C=O) groups is 2. The summed E-state index contributed by atoms with van der Waals surface area (Å²) in [6.45, 7) is 1.16. The van der Waals surface area contributed by atoms with E-state index in [-0.39, 0.29) is 74.4 Å². The van der Waals surface area contributed by atoms with Crippen LogP contribution in [0.1, 0.15) is 77.7 Å². The van der Waals surface area contributed by atoms with Crippen LogP contribution in [0.25, 0.3) is 0 Å². The molecule has 9 aromatic rings. The molecule has 1 aliphatic heterocycles. The van der Waals surface area contributed by atoms with Gasteiger partial charge in [-0.2, -0.15) is 0 Å². The van der Waals surface area contributed by atoms with E-state index in [1.165, 1.54) is 6.07 Å². The second-order valence-electron chi connectivity index (χ2n) is 19.8. The van der Waals surface area contributed by atoms with E-state index in [9.17, 15) is 9.90 Å². The van der Waals surface area contributed by atoms with Crippen LogP contribution < -0.4 is 14.2 Å². The fourth-order valence-electron chi connectivity index (χ4n) is 9.75. The maximum atomic E-state index is 15.2. The van der Waals surface area contributed by atoms with Crippen molar-refractivity contribution in [3.05, 3.63) is 298 Å². The Morgan fingerprint density at radius 1 is 0.407 bits per heavy atom. The number of carbonyl (C=O) groups excluding carboxylic acids is 2. The zero-order valence-corrected chi connectivity index (χ0v) is 44.9. The Balaban J connectivity index is 1.10. The molecule has 0 radical (unpaired) electrons. The Morgan fingerprint density at radius 2 is 0.802 bits per heavy atom. The van der Waals surface area contributed by atoms with Crippen LogP contribution in [0.2, 0.25) is 0 Å². The molecule has 0 saturated carbocycles. The summed E-state index contributed by atoms with van der Waals surface area (Å²) in [6.07, 6.45) is -5.35. The minimum Gasteiger partial charge on any atom is -0.507 e. The minimum atomic E-state index is -1.17. The largest absolute Gasteiger partial charge is 0.507 e. The third kappa shape index (κ3) is 15.4. The number of phenolic OH excluding ortho intramolecular Hbond substituents is 1. The van der Waals surface area contributed by atoms with Gasteiger partial charge in [-0.05, 0) is 63.2 Å². The number of aromatic hydroxyl groups is 1. The van der Waals surface area contributed by atoms with E-state index in [1.807, 2.05) is 212 Å². The molecule has 1 saturated heterocycles. The number of ether oxygens (including phenoxy) is 8. The smallest absolute Gasteiger partial charge is 0.178 e. The number of hydrogen-bond donors (Lipinski definition) is 1. The summed E-state index contributed by atoms with van der Waals surface area (Å²) in [6, 6.07) is 76.3. The summed E-state index contributed by atoms with van der Waals surface area (Å²) in [5.41, 5.74) is 6.61. The van der Waals surface area contributed by atoms with Gasteiger partial charge in [0.15, 0.2) is 11.6 Å². The molecular weight excluding hydrogens is 1020 g/mol. The highest BCUT2D eigenvalue weighted by atomic mass is 16.6. The van der Waals surface area contributed by atoms with Crippen molar-refractivity contribution >= 4 is 11.6 Å². The van der Waals surface area contributed by atoms with E-state index in [0.717, 1.165) is 38.9 Å². The summed E-state index contributed by atoms with van der Waals surface area (Å²) in [5, 5.41) is 12.4. The number of ketones is 2. The van der Waals surface area contributed by atoms with E-state index >= 15 is 4.79 Å². The molecule has 2 unspecified atom stereocenters. The van der Waals surface area contributed by atoms with Crippen LogP contribution in [0.15, 0.2) is 243 Å². The lowest BCUT2D eigenvalue weighted by Crippen LogP contribution is -2.58. The number of Topliss-reactive ketones (excluding diaryl/α,β-unsaturated/α-hetero) is 2. The van der Waals surface area contributed by atoms with Gasteiger partial charge < -0.3 is 43.0 Å². The molecule has 0 aromatic heterocycles. The first-order valence-corrected chi connectivity index (χ1v) is 27.2. The average molecular weight is 1080 g/mol. The summed E-state index contributed by atoms with van der Waals surface area (Å²) in [7, 11) is 0. The molecule has 1 fully saturated rings. The predicted octanol–water partition coefficient (Wildman–Crippen LogP) is 14.0. The number of hydrogen-bond acceptors (Lipinski definition) is 11. The van der Waals surface area contributed by atoms with Crippen molar-refractivity contribution in [3.8, 4) is 23.0 Å². The SMILES string of the molecule is O=C(CC(=O)c1c(O)cc(OCc2ccccc2)c([C@@H]2OC(COCc3ccccc3)[C@@H](OCc3ccccc3)C(OCc3ccccc3)[C@@H]2OCc2ccccc2)c1OCc1ccccc1)c1ccc(OCc2ccccc2)cc1. The van der Waals surface area contributed by atoms with Gasteiger partial charge in [-0.15, -0.1) is 0 Å². The van der Waals surface area contributed by atoms with Crippen LogP contribution in [0.5, 0.6) is 23.0 Å². The van der Waals surface area contributed by atoms with E-state index < -0.39 is 54.3 Å². The number of benzene rings is 9. The van der Waals surface area contributed by atoms with E-state index in [2.05, 4.69) is 0 Å². The standard InChI is InChI=1S/C70H64O11/c71-59(57-36-38-58(39-37-57)75-43-51-24-10-2-11-25-51)40-60(72)64-61(73)41-62(76-44-52-26-12-3-13-27-52)65(67(64)78-46-54-30-16-5-17-31-54)68-70(80-48-56-34-20-7-21-35-56)69(79-47-55-32-18-6-19-33-55)66(77-45-53-28-14-4-15-29-53)63(81-68)49-74-42-50-22-8-1-9-23-50/h1-39,41,63,66,68-70,73H,40,42-49H2/t63?,66-,68+,69?,70-/m1/s1. The molecule has 1 heterocycles. The van der Waals surface area contributed by atoms with Crippen molar-refractivity contribution in [1.82, 2.24) is 0 Å². The Labute approximate surface area is 473 Å². The van der Waals surface area contributed by atoms with Crippen molar-refractivity contribution in [1.29, 1.82) is 0 Å². The summed E-state index contributed by atoms with van der Waals surface area (Å²) >= 11 is 0. The van der Waals surface area contributed by atoms with Gasteiger partial charge in [-0.3, -0.25) is 9.59 Å². The fourth-order valence-corrected chi connectivity index (χ4v) is 9.75. The van der Waals surface area contributed by atoms with Gasteiger partial charge in [-0.25, -0.2) is 0 Å².